The second-order valence-electron chi connectivity index (χ2n) is 4.62. The molecule has 0 aliphatic rings. The first-order chi connectivity index (χ1) is 9.22. The number of hydrogen-bond acceptors (Lipinski definition) is 2. The zero-order valence-electron chi connectivity index (χ0n) is 11.1. The highest BCUT2D eigenvalue weighted by Gasteiger charge is 2.10. The van der Waals surface area contributed by atoms with E-state index in [2.05, 4.69) is 42.3 Å². The lowest BCUT2D eigenvalue weighted by Crippen LogP contribution is -2.19. The predicted molar refractivity (Wildman–Crippen MR) is 82.8 cm³/mol. The van der Waals surface area contributed by atoms with Crippen molar-refractivity contribution in [3.05, 3.63) is 64.7 Å². The maximum atomic E-state index is 6.27. The van der Waals surface area contributed by atoms with E-state index in [1.807, 2.05) is 18.2 Å². The van der Waals surface area contributed by atoms with Crippen molar-refractivity contribution in [3.8, 4) is 0 Å². The fraction of sp³-hybridized carbons (Fsp3) is 0.250. The standard InChI is InChI=1S/C16H19ClN2/c1-19(12-13-6-3-2-4-7-13)16-9-5-8-15(17)14(16)10-11-18/h2-9H,10-12,18H2,1H3. The van der Waals surface area contributed by atoms with Crippen molar-refractivity contribution in [1.29, 1.82) is 0 Å². The van der Waals surface area contributed by atoms with Crippen LogP contribution in [0.15, 0.2) is 48.5 Å². The molecule has 0 aliphatic carbocycles. The van der Waals surface area contributed by atoms with Gasteiger partial charge in [0.1, 0.15) is 0 Å². The summed E-state index contributed by atoms with van der Waals surface area (Å²) in [6, 6.07) is 16.4. The lowest BCUT2D eigenvalue weighted by molar-refractivity contribution is 0.893. The average Bonchev–Trinajstić information content (AvgIpc) is 2.42. The van der Waals surface area contributed by atoms with Gasteiger partial charge in [-0.15, -0.1) is 0 Å². The molecule has 0 fully saturated rings. The first kappa shape index (κ1) is 13.9. The first-order valence-corrected chi connectivity index (χ1v) is 6.82. The van der Waals surface area contributed by atoms with Gasteiger partial charge in [0.05, 0.1) is 0 Å². The van der Waals surface area contributed by atoms with Gasteiger partial charge in [0.25, 0.3) is 0 Å². The minimum absolute atomic E-state index is 0.607. The van der Waals surface area contributed by atoms with E-state index in [1.165, 1.54) is 5.56 Å². The zero-order valence-corrected chi connectivity index (χ0v) is 11.9. The smallest absolute Gasteiger partial charge is 0.0459 e. The van der Waals surface area contributed by atoms with E-state index in [4.69, 9.17) is 17.3 Å². The van der Waals surface area contributed by atoms with Gasteiger partial charge in [-0.05, 0) is 36.2 Å². The third-order valence-electron chi connectivity index (χ3n) is 3.16. The third-order valence-corrected chi connectivity index (χ3v) is 3.52. The molecule has 100 valence electrons. The normalized spacial score (nSPS) is 10.5. The van der Waals surface area contributed by atoms with Crippen LogP contribution in [0.3, 0.4) is 0 Å². The Hall–Kier alpha value is -1.51. The Balaban J connectivity index is 2.23. The van der Waals surface area contributed by atoms with Gasteiger partial charge in [0.15, 0.2) is 0 Å². The van der Waals surface area contributed by atoms with Gasteiger partial charge in [0, 0.05) is 24.3 Å². The van der Waals surface area contributed by atoms with Crippen LogP contribution in [-0.4, -0.2) is 13.6 Å². The second-order valence-corrected chi connectivity index (χ2v) is 5.03. The zero-order chi connectivity index (χ0) is 13.7. The predicted octanol–water partition coefficient (Wildman–Crippen LogP) is 3.48. The molecule has 0 aromatic heterocycles. The molecular weight excluding hydrogens is 256 g/mol. The maximum Gasteiger partial charge on any atom is 0.0459 e. The quantitative estimate of drug-likeness (QED) is 0.904. The van der Waals surface area contributed by atoms with E-state index in [0.29, 0.717) is 6.54 Å². The summed E-state index contributed by atoms with van der Waals surface area (Å²) < 4.78 is 0. The van der Waals surface area contributed by atoms with Crippen LogP contribution in [0, 0.1) is 0 Å². The summed E-state index contributed by atoms with van der Waals surface area (Å²) in [4.78, 5) is 2.21. The number of hydrogen-bond donors (Lipinski definition) is 1. The lowest BCUT2D eigenvalue weighted by atomic mass is 10.1. The summed E-state index contributed by atoms with van der Waals surface area (Å²) in [6.45, 7) is 1.47. The van der Waals surface area contributed by atoms with Crippen LogP contribution in [0.1, 0.15) is 11.1 Å². The molecule has 2 aromatic carbocycles. The van der Waals surface area contributed by atoms with Gasteiger partial charge < -0.3 is 10.6 Å². The Bertz CT molecular complexity index is 526. The topological polar surface area (TPSA) is 29.3 Å². The summed E-state index contributed by atoms with van der Waals surface area (Å²) >= 11 is 6.27. The summed E-state index contributed by atoms with van der Waals surface area (Å²) in [7, 11) is 2.08. The van der Waals surface area contributed by atoms with E-state index in [-0.39, 0.29) is 0 Å². The molecule has 0 unspecified atom stereocenters. The summed E-state index contributed by atoms with van der Waals surface area (Å²) in [5.74, 6) is 0. The van der Waals surface area contributed by atoms with Crippen LogP contribution in [-0.2, 0) is 13.0 Å². The van der Waals surface area contributed by atoms with Crippen LogP contribution in [0.4, 0.5) is 5.69 Å². The van der Waals surface area contributed by atoms with E-state index in [1.54, 1.807) is 0 Å². The number of anilines is 1. The molecule has 0 saturated carbocycles. The number of nitrogens with zero attached hydrogens (tertiary/aromatic N) is 1. The maximum absolute atomic E-state index is 6.27. The monoisotopic (exact) mass is 274 g/mol. The second kappa shape index (κ2) is 6.60. The van der Waals surface area contributed by atoms with Crippen LogP contribution in [0.5, 0.6) is 0 Å². The highest BCUT2D eigenvalue weighted by molar-refractivity contribution is 6.31. The molecule has 0 bridgehead atoms. The minimum Gasteiger partial charge on any atom is -0.370 e. The molecule has 19 heavy (non-hydrogen) atoms. The number of benzene rings is 2. The fourth-order valence-electron chi connectivity index (χ4n) is 2.24. The SMILES string of the molecule is CN(Cc1ccccc1)c1cccc(Cl)c1CCN. The number of rotatable bonds is 5. The molecule has 2 N–H and O–H groups in total. The fourth-order valence-corrected chi connectivity index (χ4v) is 2.50. The lowest BCUT2D eigenvalue weighted by Gasteiger charge is -2.23. The molecular formula is C16H19ClN2. The number of halogens is 1. The van der Waals surface area contributed by atoms with Gasteiger partial charge in [0.2, 0.25) is 0 Å². The molecule has 0 aliphatic heterocycles. The van der Waals surface area contributed by atoms with Crippen molar-refractivity contribution >= 4 is 17.3 Å². The molecule has 0 spiro atoms. The van der Waals surface area contributed by atoms with Crippen molar-refractivity contribution in [2.24, 2.45) is 5.73 Å². The molecule has 2 rings (SSSR count). The molecule has 2 nitrogen and oxygen atoms in total. The molecule has 0 atom stereocenters. The first-order valence-electron chi connectivity index (χ1n) is 6.45. The largest absolute Gasteiger partial charge is 0.370 e. The van der Waals surface area contributed by atoms with Gasteiger partial charge >= 0.3 is 0 Å². The van der Waals surface area contributed by atoms with Crippen molar-refractivity contribution in [2.45, 2.75) is 13.0 Å². The molecule has 0 heterocycles. The van der Waals surface area contributed by atoms with E-state index in [0.717, 1.165) is 29.2 Å². The van der Waals surface area contributed by atoms with Crippen LogP contribution >= 0.6 is 11.6 Å². The Morgan fingerprint density at radius 3 is 2.47 bits per heavy atom. The van der Waals surface area contributed by atoms with Crippen molar-refractivity contribution in [2.75, 3.05) is 18.5 Å². The summed E-state index contributed by atoms with van der Waals surface area (Å²) in [6.07, 6.45) is 0.800. The number of nitrogens with two attached hydrogens (primary N) is 1. The van der Waals surface area contributed by atoms with Gasteiger partial charge in [-0.3, -0.25) is 0 Å². The Kier molecular flexibility index (Phi) is 4.83. The summed E-state index contributed by atoms with van der Waals surface area (Å²) in [5.41, 5.74) is 9.24. The highest BCUT2D eigenvalue weighted by atomic mass is 35.5. The summed E-state index contributed by atoms with van der Waals surface area (Å²) in [5, 5.41) is 0.794. The van der Waals surface area contributed by atoms with Crippen LogP contribution in [0.2, 0.25) is 5.02 Å². The Labute approximate surface area is 119 Å². The molecule has 0 saturated heterocycles. The molecule has 2 aromatic rings. The average molecular weight is 275 g/mol. The van der Waals surface area contributed by atoms with E-state index >= 15 is 0 Å². The van der Waals surface area contributed by atoms with Crippen molar-refractivity contribution < 1.29 is 0 Å². The van der Waals surface area contributed by atoms with E-state index in [9.17, 15) is 0 Å². The Morgan fingerprint density at radius 2 is 1.79 bits per heavy atom. The molecule has 0 radical (unpaired) electrons. The van der Waals surface area contributed by atoms with Gasteiger partial charge in [-0.25, -0.2) is 0 Å². The highest BCUT2D eigenvalue weighted by Crippen LogP contribution is 2.28. The van der Waals surface area contributed by atoms with Gasteiger partial charge in [-0.2, -0.15) is 0 Å². The molecule has 0 amide bonds. The van der Waals surface area contributed by atoms with Crippen LogP contribution in [0.25, 0.3) is 0 Å². The minimum atomic E-state index is 0.607. The van der Waals surface area contributed by atoms with Crippen molar-refractivity contribution in [3.63, 3.8) is 0 Å². The Morgan fingerprint density at radius 1 is 1.05 bits per heavy atom. The molecule has 3 heteroatoms. The third kappa shape index (κ3) is 3.49. The van der Waals surface area contributed by atoms with Gasteiger partial charge in [-0.1, -0.05) is 48.0 Å². The van der Waals surface area contributed by atoms with Crippen LogP contribution < -0.4 is 10.6 Å². The van der Waals surface area contributed by atoms with Crippen molar-refractivity contribution in [1.82, 2.24) is 0 Å². The van der Waals surface area contributed by atoms with E-state index < -0.39 is 0 Å².